The van der Waals surface area contributed by atoms with Crippen LogP contribution in [0.5, 0.6) is 5.75 Å². The molecule has 0 bridgehead atoms. The molecule has 0 saturated heterocycles. The smallest absolute Gasteiger partial charge is 0.236 e. The van der Waals surface area contributed by atoms with Crippen molar-refractivity contribution in [3.8, 4) is 17.0 Å². The van der Waals surface area contributed by atoms with Gasteiger partial charge in [-0.05, 0) is 19.1 Å². The minimum Gasteiger partial charge on any atom is -0.457 e. The van der Waals surface area contributed by atoms with Crippen LogP contribution in [0.25, 0.3) is 11.3 Å². The van der Waals surface area contributed by atoms with Crippen LogP contribution in [0.2, 0.25) is 0 Å². The minimum atomic E-state index is -1.48. The van der Waals surface area contributed by atoms with Crippen molar-refractivity contribution in [2.75, 3.05) is 11.5 Å². The molecular formula is C12H14FN5O. The summed E-state index contributed by atoms with van der Waals surface area (Å²) >= 11 is 0. The summed E-state index contributed by atoms with van der Waals surface area (Å²) < 4.78 is 17.8. The van der Waals surface area contributed by atoms with Crippen LogP contribution in [-0.2, 0) is 0 Å². The third kappa shape index (κ3) is 3.06. The molecule has 0 amide bonds. The van der Waals surface area contributed by atoms with Gasteiger partial charge in [-0.3, -0.25) is 0 Å². The van der Waals surface area contributed by atoms with E-state index in [4.69, 9.17) is 16.2 Å². The Morgan fingerprint density at radius 1 is 1.26 bits per heavy atom. The fraction of sp³-hybridized carbons (Fsp3) is 0.250. The van der Waals surface area contributed by atoms with Crippen LogP contribution in [-0.4, -0.2) is 21.3 Å². The molecule has 7 heteroatoms. The standard InChI is InChI=1S/C12H14FN5O/c1-6-3-9(18-12(15)17-6)8-4-10(19-7(2)13)11(14)16-5-8/h3-5,7H,1-2H3,(H2,14,16)(H2,15,17,18). The number of rotatable bonds is 3. The zero-order chi connectivity index (χ0) is 14.0. The molecule has 0 aliphatic heterocycles. The van der Waals surface area contributed by atoms with E-state index >= 15 is 0 Å². The molecule has 2 heterocycles. The predicted molar refractivity (Wildman–Crippen MR) is 70.0 cm³/mol. The molecular weight excluding hydrogens is 249 g/mol. The highest BCUT2D eigenvalue weighted by atomic mass is 19.1. The third-order valence-corrected chi connectivity index (χ3v) is 2.34. The van der Waals surface area contributed by atoms with Crippen molar-refractivity contribution in [3.05, 3.63) is 24.0 Å². The van der Waals surface area contributed by atoms with Gasteiger partial charge < -0.3 is 16.2 Å². The Morgan fingerprint density at radius 2 is 2.00 bits per heavy atom. The Hall–Kier alpha value is -2.44. The maximum absolute atomic E-state index is 12.9. The molecule has 2 aromatic heterocycles. The largest absolute Gasteiger partial charge is 0.457 e. The Bertz CT molecular complexity index is 582. The molecule has 2 rings (SSSR count). The second-order valence-corrected chi connectivity index (χ2v) is 4.02. The van der Waals surface area contributed by atoms with Crippen molar-refractivity contribution in [2.24, 2.45) is 0 Å². The number of nitrogens with zero attached hydrogens (tertiary/aromatic N) is 3. The summed E-state index contributed by atoms with van der Waals surface area (Å²) in [7, 11) is 0. The van der Waals surface area contributed by atoms with Gasteiger partial charge in [-0.15, -0.1) is 0 Å². The fourth-order valence-electron chi connectivity index (χ4n) is 1.60. The van der Waals surface area contributed by atoms with E-state index in [-0.39, 0.29) is 17.5 Å². The van der Waals surface area contributed by atoms with Gasteiger partial charge in [-0.2, -0.15) is 0 Å². The average molecular weight is 263 g/mol. The zero-order valence-electron chi connectivity index (χ0n) is 10.6. The second-order valence-electron chi connectivity index (χ2n) is 4.02. The molecule has 0 spiro atoms. The monoisotopic (exact) mass is 263 g/mol. The van der Waals surface area contributed by atoms with Gasteiger partial charge in [0.15, 0.2) is 11.6 Å². The summed E-state index contributed by atoms with van der Waals surface area (Å²) in [5, 5.41) is 0. The van der Waals surface area contributed by atoms with Crippen molar-refractivity contribution in [2.45, 2.75) is 20.2 Å². The lowest BCUT2D eigenvalue weighted by Gasteiger charge is -2.10. The highest BCUT2D eigenvalue weighted by Crippen LogP contribution is 2.27. The molecule has 1 unspecified atom stereocenters. The Morgan fingerprint density at radius 3 is 2.63 bits per heavy atom. The topological polar surface area (TPSA) is 99.9 Å². The number of halogens is 1. The molecule has 100 valence electrons. The van der Waals surface area contributed by atoms with Gasteiger partial charge in [0.05, 0.1) is 5.69 Å². The number of aromatic nitrogens is 3. The number of nitrogen functional groups attached to an aromatic ring is 2. The number of pyridine rings is 1. The quantitative estimate of drug-likeness (QED) is 0.874. The van der Waals surface area contributed by atoms with Crippen LogP contribution in [0.3, 0.4) is 0 Å². The van der Waals surface area contributed by atoms with E-state index in [2.05, 4.69) is 15.0 Å². The maximum atomic E-state index is 12.9. The van der Waals surface area contributed by atoms with E-state index in [1.807, 2.05) is 0 Å². The zero-order valence-corrected chi connectivity index (χ0v) is 10.6. The summed E-state index contributed by atoms with van der Waals surface area (Å²) in [4.78, 5) is 12.0. The number of hydrogen-bond donors (Lipinski definition) is 2. The van der Waals surface area contributed by atoms with E-state index in [1.54, 1.807) is 19.1 Å². The summed E-state index contributed by atoms with van der Waals surface area (Å²) in [5.41, 5.74) is 13.1. The molecule has 0 aliphatic rings. The van der Waals surface area contributed by atoms with E-state index in [1.165, 1.54) is 13.1 Å². The molecule has 0 aromatic carbocycles. The summed E-state index contributed by atoms with van der Waals surface area (Å²) in [6.07, 6.45) is 0.0447. The molecule has 0 aliphatic carbocycles. The molecule has 0 radical (unpaired) electrons. The van der Waals surface area contributed by atoms with Gasteiger partial charge >= 0.3 is 0 Å². The average Bonchev–Trinajstić information content (AvgIpc) is 2.30. The van der Waals surface area contributed by atoms with Crippen LogP contribution in [0.1, 0.15) is 12.6 Å². The number of nitrogens with two attached hydrogens (primary N) is 2. The van der Waals surface area contributed by atoms with E-state index in [9.17, 15) is 4.39 Å². The van der Waals surface area contributed by atoms with Crippen molar-refractivity contribution in [1.82, 2.24) is 15.0 Å². The first-order chi connectivity index (χ1) is 8.95. The number of hydrogen-bond acceptors (Lipinski definition) is 6. The maximum Gasteiger partial charge on any atom is 0.236 e. The van der Waals surface area contributed by atoms with Crippen LogP contribution in [0.4, 0.5) is 16.2 Å². The molecule has 0 saturated carbocycles. The molecule has 0 fully saturated rings. The normalized spacial score (nSPS) is 12.2. The van der Waals surface area contributed by atoms with Gasteiger partial charge in [0.2, 0.25) is 12.3 Å². The molecule has 1 atom stereocenters. The summed E-state index contributed by atoms with van der Waals surface area (Å²) in [6, 6.07) is 3.31. The van der Waals surface area contributed by atoms with Crippen molar-refractivity contribution >= 4 is 11.8 Å². The van der Waals surface area contributed by atoms with Crippen molar-refractivity contribution in [3.63, 3.8) is 0 Å². The van der Waals surface area contributed by atoms with Gasteiger partial charge in [-0.25, -0.2) is 19.3 Å². The Balaban J connectivity index is 2.45. The first-order valence-electron chi connectivity index (χ1n) is 5.63. The van der Waals surface area contributed by atoms with Crippen molar-refractivity contribution in [1.29, 1.82) is 0 Å². The van der Waals surface area contributed by atoms with E-state index in [0.29, 0.717) is 11.3 Å². The van der Waals surface area contributed by atoms with Crippen LogP contribution < -0.4 is 16.2 Å². The number of ether oxygens (including phenoxy) is 1. The minimum absolute atomic E-state index is 0.118. The highest BCUT2D eigenvalue weighted by Gasteiger charge is 2.10. The summed E-state index contributed by atoms with van der Waals surface area (Å²) in [5.74, 6) is 0.447. The molecule has 4 N–H and O–H groups in total. The molecule has 2 aromatic rings. The van der Waals surface area contributed by atoms with E-state index < -0.39 is 6.36 Å². The lowest BCUT2D eigenvalue weighted by Crippen LogP contribution is -2.07. The lowest BCUT2D eigenvalue weighted by molar-refractivity contribution is 0.0866. The fourth-order valence-corrected chi connectivity index (χ4v) is 1.60. The number of alkyl halides is 1. The lowest BCUT2D eigenvalue weighted by atomic mass is 10.2. The van der Waals surface area contributed by atoms with Crippen LogP contribution in [0, 0.1) is 6.92 Å². The highest BCUT2D eigenvalue weighted by molar-refractivity contribution is 5.64. The molecule has 6 nitrogen and oxygen atoms in total. The second kappa shape index (κ2) is 5.05. The summed E-state index contributed by atoms with van der Waals surface area (Å²) in [6.45, 7) is 3.06. The van der Waals surface area contributed by atoms with Gasteiger partial charge in [0, 0.05) is 24.4 Å². The van der Waals surface area contributed by atoms with Gasteiger partial charge in [0.25, 0.3) is 0 Å². The third-order valence-electron chi connectivity index (χ3n) is 2.34. The van der Waals surface area contributed by atoms with Crippen LogP contribution in [0.15, 0.2) is 18.3 Å². The predicted octanol–water partition coefficient (Wildman–Crippen LogP) is 1.71. The first-order valence-corrected chi connectivity index (χ1v) is 5.63. The van der Waals surface area contributed by atoms with Crippen LogP contribution >= 0.6 is 0 Å². The Kier molecular flexibility index (Phi) is 3.46. The first kappa shape index (κ1) is 13.0. The van der Waals surface area contributed by atoms with E-state index in [0.717, 1.165) is 5.69 Å². The SMILES string of the molecule is Cc1cc(-c2cnc(N)c(OC(C)F)c2)nc(N)n1. The Labute approximate surface area is 109 Å². The number of anilines is 2. The number of aryl methyl sites for hydroxylation is 1. The molecule has 19 heavy (non-hydrogen) atoms. The van der Waals surface area contributed by atoms with Crippen molar-refractivity contribution < 1.29 is 9.13 Å². The van der Waals surface area contributed by atoms with Gasteiger partial charge in [0.1, 0.15) is 0 Å². The van der Waals surface area contributed by atoms with Gasteiger partial charge in [-0.1, -0.05) is 0 Å².